The molecule has 1 aliphatic heterocycles. The standard InChI is InChI=1S/C5H8N4/c1-4-5(8-2-6-1)9-3-7-4/h3,6,8H,1-2H2,(H,7,9). The number of nitrogens with zero attached hydrogens (tertiary/aromatic N) is 1. The third kappa shape index (κ3) is 0.675. The van der Waals surface area contributed by atoms with Crippen molar-refractivity contribution in [3.63, 3.8) is 0 Å². The highest BCUT2D eigenvalue weighted by molar-refractivity contribution is 5.41. The summed E-state index contributed by atoms with van der Waals surface area (Å²) in [6.07, 6.45) is 1.70. The number of aromatic nitrogens is 2. The van der Waals surface area contributed by atoms with Gasteiger partial charge in [0.2, 0.25) is 0 Å². The van der Waals surface area contributed by atoms with Gasteiger partial charge in [0.1, 0.15) is 5.82 Å². The maximum atomic E-state index is 4.05. The van der Waals surface area contributed by atoms with Crippen molar-refractivity contribution in [2.45, 2.75) is 6.54 Å². The molecule has 0 atom stereocenters. The summed E-state index contributed by atoms with van der Waals surface area (Å²) in [5.74, 6) is 0.980. The molecule has 1 aliphatic rings. The topological polar surface area (TPSA) is 52.7 Å². The molecule has 2 heterocycles. The van der Waals surface area contributed by atoms with Crippen LogP contribution in [0.4, 0.5) is 5.82 Å². The van der Waals surface area contributed by atoms with Gasteiger partial charge in [-0.15, -0.1) is 0 Å². The van der Waals surface area contributed by atoms with Gasteiger partial charge in [-0.2, -0.15) is 0 Å². The lowest BCUT2D eigenvalue weighted by Crippen LogP contribution is -2.27. The van der Waals surface area contributed by atoms with Crippen LogP contribution in [-0.2, 0) is 6.54 Å². The molecule has 0 fully saturated rings. The van der Waals surface area contributed by atoms with Crippen LogP contribution in [0.3, 0.4) is 0 Å². The van der Waals surface area contributed by atoms with Crippen molar-refractivity contribution >= 4 is 5.82 Å². The first-order valence-corrected chi connectivity index (χ1v) is 2.93. The number of hydrogen-bond donors (Lipinski definition) is 3. The van der Waals surface area contributed by atoms with Crippen molar-refractivity contribution in [3.05, 3.63) is 12.0 Å². The fraction of sp³-hybridized carbons (Fsp3) is 0.400. The first kappa shape index (κ1) is 4.81. The SMILES string of the molecule is c1nc2c([nH]1)CNCN2. The molecule has 1 aromatic rings. The highest BCUT2D eigenvalue weighted by Crippen LogP contribution is 2.10. The maximum absolute atomic E-state index is 4.05. The smallest absolute Gasteiger partial charge is 0.149 e. The second-order valence-corrected chi connectivity index (χ2v) is 2.01. The molecule has 0 saturated carbocycles. The Bertz CT molecular complexity index is 184. The largest absolute Gasteiger partial charge is 0.356 e. The lowest BCUT2D eigenvalue weighted by molar-refractivity contribution is 0.694. The summed E-state index contributed by atoms with van der Waals surface area (Å²) in [7, 11) is 0. The van der Waals surface area contributed by atoms with Crippen LogP contribution >= 0.6 is 0 Å². The predicted octanol–water partition coefficient (Wildman–Crippen LogP) is -0.118. The number of anilines is 1. The Morgan fingerprint density at radius 2 is 2.56 bits per heavy atom. The molecule has 0 spiro atoms. The van der Waals surface area contributed by atoms with E-state index >= 15 is 0 Å². The van der Waals surface area contributed by atoms with Gasteiger partial charge in [0, 0.05) is 6.54 Å². The Morgan fingerprint density at radius 3 is 3.44 bits per heavy atom. The van der Waals surface area contributed by atoms with E-state index in [4.69, 9.17) is 0 Å². The van der Waals surface area contributed by atoms with Crippen LogP contribution < -0.4 is 10.6 Å². The van der Waals surface area contributed by atoms with E-state index in [1.165, 1.54) is 0 Å². The minimum absolute atomic E-state index is 0.817. The minimum Gasteiger partial charge on any atom is -0.356 e. The summed E-state index contributed by atoms with van der Waals surface area (Å²) in [6, 6.07) is 0. The summed E-state index contributed by atoms with van der Waals surface area (Å²) in [5, 5.41) is 6.23. The number of aromatic amines is 1. The van der Waals surface area contributed by atoms with Crippen LogP contribution in [0, 0.1) is 0 Å². The van der Waals surface area contributed by atoms with E-state index in [-0.39, 0.29) is 0 Å². The highest BCUT2D eigenvalue weighted by Gasteiger charge is 2.07. The fourth-order valence-electron chi connectivity index (χ4n) is 0.942. The van der Waals surface area contributed by atoms with Crippen molar-refractivity contribution in [1.82, 2.24) is 15.3 Å². The number of hydrogen-bond acceptors (Lipinski definition) is 3. The number of nitrogens with one attached hydrogen (secondary N) is 3. The molecule has 0 radical (unpaired) electrons. The summed E-state index contributed by atoms with van der Waals surface area (Å²) in [5.41, 5.74) is 1.14. The van der Waals surface area contributed by atoms with Crippen LogP contribution in [0.2, 0.25) is 0 Å². The van der Waals surface area contributed by atoms with Crippen molar-refractivity contribution in [1.29, 1.82) is 0 Å². The lowest BCUT2D eigenvalue weighted by atomic mass is 10.4. The van der Waals surface area contributed by atoms with Crippen LogP contribution in [-0.4, -0.2) is 16.6 Å². The van der Waals surface area contributed by atoms with E-state index < -0.39 is 0 Å². The van der Waals surface area contributed by atoms with Crippen molar-refractivity contribution in [3.8, 4) is 0 Å². The molecule has 0 unspecified atom stereocenters. The molecule has 48 valence electrons. The van der Waals surface area contributed by atoms with Gasteiger partial charge >= 0.3 is 0 Å². The molecule has 4 nitrogen and oxygen atoms in total. The summed E-state index contributed by atoms with van der Waals surface area (Å²) in [4.78, 5) is 7.07. The first-order chi connectivity index (χ1) is 4.47. The van der Waals surface area contributed by atoms with Crippen molar-refractivity contribution < 1.29 is 0 Å². The maximum Gasteiger partial charge on any atom is 0.149 e. The molecular weight excluding hydrogens is 116 g/mol. The van der Waals surface area contributed by atoms with Gasteiger partial charge in [0.25, 0.3) is 0 Å². The molecule has 2 rings (SSSR count). The lowest BCUT2D eigenvalue weighted by Gasteiger charge is -2.12. The third-order valence-electron chi connectivity index (χ3n) is 1.40. The van der Waals surface area contributed by atoms with Crippen molar-refractivity contribution in [2.75, 3.05) is 12.0 Å². The molecule has 0 saturated heterocycles. The Morgan fingerprint density at radius 1 is 1.56 bits per heavy atom. The van der Waals surface area contributed by atoms with Gasteiger partial charge in [0.05, 0.1) is 18.7 Å². The predicted molar refractivity (Wildman–Crippen MR) is 33.9 cm³/mol. The van der Waals surface area contributed by atoms with E-state index in [1.807, 2.05) is 0 Å². The zero-order chi connectivity index (χ0) is 6.10. The number of H-pyrrole nitrogens is 1. The van der Waals surface area contributed by atoms with Gasteiger partial charge in [-0.1, -0.05) is 0 Å². The van der Waals surface area contributed by atoms with Crippen LogP contribution in [0.25, 0.3) is 0 Å². The number of imidazole rings is 1. The molecule has 3 N–H and O–H groups in total. The summed E-state index contributed by atoms with van der Waals surface area (Å²) in [6.45, 7) is 1.71. The zero-order valence-corrected chi connectivity index (χ0v) is 4.94. The molecule has 0 aromatic carbocycles. The molecule has 4 heteroatoms. The Hall–Kier alpha value is -1.03. The Balaban J connectivity index is 2.39. The van der Waals surface area contributed by atoms with E-state index in [0.717, 1.165) is 24.7 Å². The van der Waals surface area contributed by atoms with E-state index in [2.05, 4.69) is 20.6 Å². The van der Waals surface area contributed by atoms with Gasteiger partial charge in [-0.25, -0.2) is 4.98 Å². The average Bonchev–Trinajstić information content (AvgIpc) is 2.33. The third-order valence-corrected chi connectivity index (χ3v) is 1.40. The second kappa shape index (κ2) is 1.73. The highest BCUT2D eigenvalue weighted by atomic mass is 15.2. The van der Waals surface area contributed by atoms with E-state index in [0.29, 0.717) is 0 Å². The average molecular weight is 124 g/mol. The number of fused-ring (bicyclic) bond motifs is 1. The monoisotopic (exact) mass is 124 g/mol. The first-order valence-electron chi connectivity index (χ1n) is 2.93. The second-order valence-electron chi connectivity index (χ2n) is 2.01. The molecule has 9 heavy (non-hydrogen) atoms. The fourth-order valence-corrected chi connectivity index (χ4v) is 0.942. The zero-order valence-electron chi connectivity index (χ0n) is 4.94. The Kier molecular flexibility index (Phi) is 0.927. The minimum atomic E-state index is 0.817. The quantitative estimate of drug-likeness (QED) is 0.452. The van der Waals surface area contributed by atoms with Crippen LogP contribution in [0.1, 0.15) is 5.69 Å². The van der Waals surface area contributed by atoms with Crippen molar-refractivity contribution in [2.24, 2.45) is 0 Å². The molecular formula is C5H8N4. The van der Waals surface area contributed by atoms with Crippen LogP contribution in [0.15, 0.2) is 6.33 Å². The molecule has 1 aromatic heterocycles. The van der Waals surface area contributed by atoms with Gasteiger partial charge in [0.15, 0.2) is 0 Å². The molecule has 0 aliphatic carbocycles. The normalized spacial score (nSPS) is 16.4. The number of rotatable bonds is 0. The van der Waals surface area contributed by atoms with Crippen LogP contribution in [0.5, 0.6) is 0 Å². The van der Waals surface area contributed by atoms with Gasteiger partial charge < -0.3 is 10.3 Å². The van der Waals surface area contributed by atoms with E-state index in [1.54, 1.807) is 6.33 Å². The molecule has 0 bridgehead atoms. The summed E-state index contributed by atoms with van der Waals surface area (Å²) < 4.78 is 0. The van der Waals surface area contributed by atoms with Gasteiger partial charge in [-0.05, 0) is 0 Å². The Labute approximate surface area is 52.7 Å². The molecule has 0 amide bonds. The van der Waals surface area contributed by atoms with E-state index in [9.17, 15) is 0 Å². The summed E-state index contributed by atoms with van der Waals surface area (Å²) >= 11 is 0. The van der Waals surface area contributed by atoms with Gasteiger partial charge in [-0.3, -0.25) is 5.32 Å².